The maximum Gasteiger partial charge on any atom is 0.280 e. The van der Waals surface area contributed by atoms with Gasteiger partial charge in [0.25, 0.3) is 5.91 Å². The van der Waals surface area contributed by atoms with E-state index in [2.05, 4.69) is 41.1 Å². The second-order valence-electron chi connectivity index (χ2n) is 7.27. The van der Waals surface area contributed by atoms with E-state index in [4.69, 9.17) is 9.98 Å². The number of carbonyl (C=O) groups excluding carboxylic acids is 1. The second-order valence-corrected chi connectivity index (χ2v) is 7.27. The van der Waals surface area contributed by atoms with Crippen LogP contribution in [-0.4, -0.2) is 45.9 Å². The molecule has 6 nitrogen and oxygen atoms in total. The van der Waals surface area contributed by atoms with E-state index in [1.807, 2.05) is 0 Å². The highest BCUT2D eigenvalue weighted by atomic mass is 16.2. The SMILES string of the molecule is Cc1ccc(Cc2nc3c([nH]2)C(=O)N(C)C2=N[C@@H]4CCC[C@@H]4N23)cc1. The summed E-state index contributed by atoms with van der Waals surface area (Å²) in [4.78, 5) is 29.4. The number of H-pyrrole nitrogens is 1. The monoisotopic (exact) mass is 335 g/mol. The lowest BCUT2D eigenvalue weighted by Gasteiger charge is -2.33. The predicted octanol–water partition coefficient (Wildman–Crippen LogP) is 2.49. The number of aromatic nitrogens is 2. The van der Waals surface area contributed by atoms with E-state index in [-0.39, 0.29) is 5.91 Å². The van der Waals surface area contributed by atoms with E-state index in [0.29, 0.717) is 24.2 Å². The Morgan fingerprint density at radius 1 is 1.24 bits per heavy atom. The predicted molar refractivity (Wildman–Crippen MR) is 96.0 cm³/mol. The van der Waals surface area contributed by atoms with E-state index in [1.54, 1.807) is 11.9 Å². The van der Waals surface area contributed by atoms with Crippen LogP contribution in [-0.2, 0) is 6.42 Å². The van der Waals surface area contributed by atoms with Crippen molar-refractivity contribution in [2.45, 2.75) is 44.7 Å². The third kappa shape index (κ3) is 2.13. The van der Waals surface area contributed by atoms with Crippen molar-refractivity contribution in [2.24, 2.45) is 4.99 Å². The molecular formula is C19H21N5O. The first kappa shape index (κ1) is 14.7. The standard InChI is InChI=1S/C19H21N5O/c1-11-6-8-12(9-7-11)10-15-21-16-17(22-15)24-14-5-3-4-13(14)20-19(24)23(2)18(16)25/h6-9,13-14H,3-5,10H2,1-2H3,(H,21,22)/t13-,14+/m1/s1. The number of hydrogen-bond acceptors (Lipinski definition) is 4. The zero-order valence-corrected chi connectivity index (χ0v) is 14.5. The molecule has 0 saturated heterocycles. The molecule has 2 aliphatic heterocycles. The van der Waals surface area contributed by atoms with E-state index >= 15 is 0 Å². The van der Waals surface area contributed by atoms with Crippen LogP contribution in [0, 0.1) is 6.92 Å². The molecule has 25 heavy (non-hydrogen) atoms. The van der Waals surface area contributed by atoms with Crippen LogP contribution in [0.15, 0.2) is 29.3 Å². The van der Waals surface area contributed by atoms with Gasteiger partial charge in [0, 0.05) is 13.5 Å². The molecule has 2 atom stereocenters. The van der Waals surface area contributed by atoms with E-state index in [1.165, 1.54) is 17.5 Å². The molecule has 1 aliphatic carbocycles. The van der Waals surface area contributed by atoms with Gasteiger partial charge in [-0.1, -0.05) is 29.8 Å². The van der Waals surface area contributed by atoms with Crippen LogP contribution in [0.2, 0.25) is 0 Å². The summed E-state index contributed by atoms with van der Waals surface area (Å²) in [5.74, 6) is 2.31. The fourth-order valence-corrected chi connectivity index (χ4v) is 4.21. The van der Waals surface area contributed by atoms with Gasteiger partial charge >= 0.3 is 0 Å². The molecule has 0 bridgehead atoms. The topological polar surface area (TPSA) is 64.6 Å². The van der Waals surface area contributed by atoms with Crippen molar-refractivity contribution in [3.63, 3.8) is 0 Å². The second kappa shape index (κ2) is 5.18. The molecule has 0 unspecified atom stereocenters. The molecule has 128 valence electrons. The number of aliphatic imine (C=N–C) groups is 1. The number of rotatable bonds is 2. The highest BCUT2D eigenvalue weighted by Gasteiger charge is 2.48. The van der Waals surface area contributed by atoms with Crippen molar-refractivity contribution in [1.29, 1.82) is 0 Å². The molecule has 0 spiro atoms. The highest BCUT2D eigenvalue weighted by Crippen LogP contribution is 2.39. The summed E-state index contributed by atoms with van der Waals surface area (Å²) in [7, 11) is 1.80. The maximum absolute atomic E-state index is 12.7. The van der Waals surface area contributed by atoms with Crippen LogP contribution in [0.5, 0.6) is 0 Å². The van der Waals surface area contributed by atoms with Gasteiger partial charge in [0.15, 0.2) is 5.82 Å². The minimum Gasteiger partial charge on any atom is -0.336 e. The number of benzene rings is 1. The minimum absolute atomic E-state index is 0.0485. The number of nitrogens with zero attached hydrogens (tertiary/aromatic N) is 4. The average Bonchev–Trinajstić information content (AvgIpc) is 3.28. The molecule has 0 radical (unpaired) electrons. The molecule has 1 saturated carbocycles. The van der Waals surface area contributed by atoms with E-state index in [9.17, 15) is 4.79 Å². The molecule has 3 heterocycles. The molecule has 1 N–H and O–H groups in total. The third-order valence-corrected chi connectivity index (χ3v) is 5.54. The highest BCUT2D eigenvalue weighted by molar-refractivity contribution is 6.18. The third-order valence-electron chi connectivity index (χ3n) is 5.54. The van der Waals surface area contributed by atoms with Gasteiger partial charge in [-0.2, -0.15) is 0 Å². The number of carbonyl (C=O) groups is 1. The Kier molecular flexibility index (Phi) is 3.04. The van der Waals surface area contributed by atoms with Crippen LogP contribution >= 0.6 is 0 Å². The van der Waals surface area contributed by atoms with Crippen LogP contribution in [0.3, 0.4) is 0 Å². The molecule has 1 fully saturated rings. The Morgan fingerprint density at radius 2 is 2.04 bits per heavy atom. The average molecular weight is 335 g/mol. The van der Waals surface area contributed by atoms with Gasteiger partial charge in [0.2, 0.25) is 5.96 Å². The van der Waals surface area contributed by atoms with Gasteiger partial charge in [-0.15, -0.1) is 0 Å². The lowest BCUT2D eigenvalue weighted by molar-refractivity contribution is 0.0859. The number of imidazole rings is 1. The first-order valence-electron chi connectivity index (χ1n) is 8.91. The van der Waals surface area contributed by atoms with Gasteiger partial charge < -0.3 is 4.98 Å². The summed E-state index contributed by atoms with van der Waals surface area (Å²) in [5.41, 5.74) is 3.02. The fraction of sp³-hybridized carbons (Fsp3) is 0.421. The number of anilines is 1. The number of nitrogens with one attached hydrogen (secondary N) is 1. The molecule has 5 rings (SSSR count). The first-order chi connectivity index (χ1) is 12.1. The largest absolute Gasteiger partial charge is 0.336 e. The van der Waals surface area contributed by atoms with Crippen molar-refractivity contribution in [2.75, 3.05) is 11.9 Å². The van der Waals surface area contributed by atoms with Crippen molar-refractivity contribution < 1.29 is 4.79 Å². The van der Waals surface area contributed by atoms with Gasteiger partial charge in [0.05, 0.1) is 12.1 Å². The number of amides is 1. The molecule has 1 aromatic carbocycles. The van der Waals surface area contributed by atoms with Gasteiger partial charge in [-0.05, 0) is 31.7 Å². The van der Waals surface area contributed by atoms with Crippen molar-refractivity contribution in [3.05, 3.63) is 46.9 Å². The van der Waals surface area contributed by atoms with Crippen LogP contribution in [0.1, 0.15) is 46.7 Å². The zero-order valence-electron chi connectivity index (χ0n) is 14.5. The van der Waals surface area contributed by atoms with Crippen LogP contribution in [0.4, 0.5) is 5.82 Å². The van der Waals surface area contributed by atoms with Crippen LogP contribution in [0.25, 0.3) is 0 Å². The lowest BCUT2D eigenvalue weighted by atomic mass is 10.1. The molecule has 6 heteroatoms. The first-order valence-corrected chi connectivity index (χ1v) is 8.91. The van der Waals surface area contributed by atoms with Gasteiger partial charge in [0.1, 0.15) is 11.5 Å². The van der Waals surface area contributed by atoms with Gasteiger partial charge in [-0.3, -0.25) is 14.6 Å². The number of aromatic amines is 1. The van der Waals surface area contributed by atoms with Crippen molar-refractivity contribution in [3.8, 4) is 0 Å². The summed E-state index contributed by atoms with van der Waals surface area (Å²) in [5, 5.41) is 0. The molecule has 1 aromatic heterocycles. The molecule has 1 amide bonds. The summed E-state index contributed by atoms with van der Waals surface area (Å²) < 4.78 is 0. The van der Waals surface area contributed by atoms with E-state index in [0.717, 1.165) is 30.4 Å². The molecule has 2 aromatic rings. The number of fused-ring (bicyclic) bond motifs is 5. The Balaban J connectivity index is 1.53. The normalized spacial score (nSPS) is 24.2. The molecule has 3 aliphatic rings. The Labute approximate surface area is 146 Å². The Hall–Kier alpha value is -2.63. The summed E-state index contributed by atoms with van der Waals surface area (Å²) >= 11 is 0. The lowest BCUT2D eigenvalue weighted by Crippen LogP contribution is -2.51. The zero-order chi connectivity index (χ0) is 17.1. The Morgan fingerprint density at radius 3 is 2.84 bits per heavy atom. The van der Waals surface area contributed by atoms with Crippen molar-refractivity contribution >= 4 is 17.7 Å². The summed E-state index contributed by atoms with van der Waals surface area (Å²) in [6.07, 6.45) is 4.09. The summed E-state index contributed by atoms with van der Waals surface area (Å²) in [6, 6.07) is 9.08. The molecular weight excluding hydrogens is 314 g/mol. The number of aryl methyl sites for hydroxylation is 1. The van der Waals surface area contributed by atoms with Crippen LogP contribution < -0.4 is 4.90 Å². The van der Waals surface area contributed by atoms with E-state index < -0.39 is 0 Å². The minimum atomic E-state index is -0.0485. The quantitative estimate of drug-likeness (QED) is 0.917. The fourth-order valence-electron chi connectivity index (χ4n) is 4.21. The Bertz CT molecular complexity index is 882. The summed E-state index contributed by atoms with van der Waals surface area (Å²) in [6.45, 7) is 2.08. The van der Waals surface area contributed by atoms with Gasteiger partial charge in [-0.25, -0.2) is 9.98 Å². The van der Waals surface area contributed by atoms with Crippen molar-refractivity contribution in [1.82, 2.24) is 14.9 Å². The number of hydrogen-bond donors (Lipinski definition) is 1. The smallest absolute Gasteiger partial charge is 0.280 e. The number of guanidine groups is 1. The maximum atomic E-state index is 12.7.